The van der Waals surface area contributed by atoms with E-state index in [1.165, 1.54) is 0 Å². The molecule has 0 spiro atoms. The van der Waals surface area contributed by atoms with E-state index in [-0.39, 0.29) is 6.10 Å². The summed E-state index contributed by atoms with van der Waals surface area (Å²) >= 11 is 0.565. The maximum absolute atomic E-state index is 6.01. The molecule has 5 heteroatoms. The molecule has 0 aliphatic rings. The van der Waals surface area contributed by atoms with Crippen LogP contribution in [0.3, 0.4) is 0 Å². The average molecular weight is 468 g/mol. The molecule has 0 aliphatic carbocycles. The Morgan fingerprint density at radius 2 is 1.29 bits per heavy atom. The Hall–Kier alpha value is 0.710. The summed E-state index contributed by atoms with van der Waals surface area (Å²) in [4.78, 5) is 0. The minimum absolute atomic E-state index is 0.157. The molecule has 0 aromatic heterocycles. The van der Waals surface area contributed by atoms with Crippen molar-refractivity contribution in [1.29, 1.82) is 0 Å². The Morgan fingerprint density at radius 3 is 1.67 bits per heavy atom. The van der Waals surface area contributed by atoms with Crippen molar-refractivity contribution in [2.45, 2.75) is 84.7 Å². The van der Waals surface area contributed by atoms with Crippen LogP contribution in [0.1, 0.15) is 72.6 Å². The first-order chi connectivity index (χ1) is 10.2. The van der Waals surface area contributed by atoms with E-state index >= 15 is 0 Å². The molecule has 0 rings (SSSR count). The van der Waals surface area contributed by atoms with Gasteiger partial charge in [-0.1, -0.05) is 0 Å². The summed E-state index contributed by atoms with van der Waals surface area (Å²) in [6.07, 6.45) is 7.06. The maximum atomic E-state index is 6.01. The minimum atomic E-state index is -1.00. The standard InChI is InChI=1S/C16H33O4.Hf/c1-5-9-12-18-15(8-4)16(17,19-13-10-6-2)20-14-11-7-3;/h15H,5-14H2,1-4H3;/q-1;+1. The first-order valence-corrected chi connectivity index (χ1v) is 9.91. The summed E-state index contributed by atoms with van der Waals surface area (Å²) in [5.74, 6) is -1.00. The van der Waals surface area contributed by atoms with E-state index in [9.17, 15) is 0 Å². The van der Waals surface area contributed by atoms with Gasteiger partial charge in [0, 0.05) is 0 Å². The van der Waals surface area contributed by atoms with Crippen molar-refractivity contribution in [3.8, 4) is 0 Å². The second-order valence-corrected chi connectivity index (χ2v) is 5.96. The van der Waals surface area contributed by atoms with Gasteiger partial charge in [0.05, 0.1) is 0 Å². The zero-order chi connectivity index (χ0) is 16.0. The van der Waals surface area contributed by atoms with E-state index in [0.29, 0.717) is 38.0 Å². The summed E-state index contributed by atoms with van der Waals surface area (Å²) in [7, 11) is 0. The SMILES string of the molecule is CCCCOC(CC)C([O][Hf])(OCCCC)OCCCC. The first kappa shape index (κ1) is 21.7. The van der Waals surface area contributed by atoms with Gasteiger partial charge in [-0.25, -0.2) is 0 Å². The monoisotopic (exact) mass is 469 g/mol. The van der Waals surface area contributed by atoms with Crippen LogP contribution in [-0.2, 0) is 41.9 Å². The summed E-state index contributed by atoms with van der Waals surface area (Å²) in [5.41, 5.74) is 0. The van der Waals surface area contributed by atoms with Crippen molar-refractivity contribution < 1.29 is 41.9 Å². The Balaban J connectivity index is 4.73. The van der Waals surface area contributed by atoms with E-state index in [1.807, 2.05) is 0 Å². The van der Waals surface area contributed by atoms with Gasteiger partial charge in [-0.2, -0.15) is 0 Å². The van der Waals surface area contributed by atoms with Gasteiger partial charge in [0.2, 0.25) is 0 Å². The van der Waals surface area contributed by atoms with Gasteiger partial charge in [0.25, 0.3) is 0 Å². The number of hydrogen-bond acceptors (Lipinski definition) is 4. The van der Waals surface area contributed by atoms with Gasteiger partial charge in [0.15, 0.2) is 0 Å². The third-order valence-corrected chi connectivity index (χ3v) is 4.35. The van der Waals surface area contributed by atoms with Crippen molar-refractivity contribution in [2.75, 3.05) is 19.8 Å². The number of rotatable bonds is 15. The van der Waals surface area contributed by atoms with Gasteiger partial charge in [0.1, 0.15) is 0 Å². The predicted octanol–water partition coefficient (Wildman–Crippen LogP) is 4.35. The fourth-order valence-electron chi connectivity index (χ4n) is 1.91. The van der Waals surface area contributed by atoms with Gasteiger partial charge in [-0.3, -0.25) is 0 Å². The van der Waals surface area contributed by atoms with Gasteiger partial charge in [-0.05, 0) is 0 Å². The molecule has 0 bridgehead atoms. The van der Waals surface area contributed by atoms with Gasteiger partial charge in [-0.15, -0.1) is 0 Å². The Kier molecular flexibility index (Phi) is 14.8. The molecule has 0 aromatic carbocycles. The summed E-state index contributed by atoms with van der Waals surface area (Å²) in [6, 6.07) is 0. The fraction of sp³-hybridized carbons (Fsp3) is 1.00. The Bertz CT molecular complexity index is 216. The van der Waals surface area contributed by atoms with Gasteiger partial charge < -0.3 is 0 Å². The Morgan fingerprint density at radius 1 is 0.810 bits per heavy atom. The molecule has 4 nitrogen and oxygen atoms in total. The van der Waals surface area contributed by atoms with Crippen LogP contribution < -0.4 is 0 Å². The molecule has 0 heterocycles. The zero-order valence-corrected chi connectivity index (χ0v) is 17.9. The summed E-state index contributed by atoms with van der Waals surface area (Å²) < 4.78 is 23.8. The predicted molar refractivity (Wildman–Crippen MR) is 80.5 cm³/mol. The van der Waals surface area contributed by atoms with Crippen LogP contribution in [0.25, 0.3) is 0 Å². The fourth-order valence-corrected chi connectivity index (χ4v) is 2.81. The second-order valence-electron chi connectivity index (χ2n) is 5.23. The van der Waals surface area contributed by atoms with E-state index in [1.54, 1.807) is 0 Å². The third-order valence-electron chi connectivity index (χ3n) is 3.33. The van der Waals surface area contributed by atoms with E-state index in [2.05, 4.69) is 27.7 Å². The Labute approximate surface area is 146 Å². The molecule has 0 N–H and O–H groups in total. The first-order valence-electron chi connectivity index (χ1n) is 8.44. The summed E-state index contributed by atoms with van der Waals surface area (Å²) in [5, 5.41) is 0. The van der Waals surface area contributed by atoms with Crippen LogP contribution in [0, 0.1) is 0 Å². The van der Waals surface area contributed by atoms with Gasteiger partial charge >= 0.3 is 146 Å². The zero-order valence-electron chi connectivity index (χ0n) is 14.3. The molecule has 21 heavy (non-hydrogen) atoms. The van der Waals surface area contributed by atoms with Crippen LogP contribution in [0.5, 0.6) is 0 Å². The van der Waals surface area contributed by atoms with Crippen molar-refractivity contribution in [3.63, 3.8) is 0 Å². The van der Waals surface area contributed by atoms with Crippen molar-refractivity contribution in [3.05, 3.63) is 0 Å². The number of ether oxygens (including phenoxy) is 3. The number of hydrogen-bond donors (Lipinski definition) is 0. The molecule has 0 saturated carbocycles. The normalized spacial score (nSPS) is 13.5. The van der Waals surface area contributed by atoms with Crippen LogP contribution in [0.4, 0.5) is 0 Å². The molecule has 0 aromatic rings. The van der Waals surface area contributed by atoms with E-state index in [0.717, 1.165) is 51.6 Å². The van der Waals surface area contributed by atoms with Crippen LogP contribution in [0.15, 0.2) is 0 Å². The summed E-state index contributed by atoms with van der Waals surface area (Å²) in [6.45, 7) is 10.6. The number of unbranched alkanes of at least 4 members (excludes halogenated alkanes) is 3. The molecule has 0 radical (unpaired) electrons. The van der Waals surface area contributed by atoms with E-state index in [4.69, 9.17) is 17.1 Å². The second kappa shape index (κ2) is 14.3. The third kappa shape index (κ3) is 8.80. The molecule has 125 valence electrons. The van der Waals surface area contributed by atoms with Crippen LogP contribution in [-0.4, -0.2) is 31.9 Å². The average Bonchev–Trinajstić information content (AvgIpc) is 2.51. The topological polar surface area (TPSA) is 36.9 Å². The van der Waals surface area contributed by atoms with Crippen molar-refractivity contribution in [1.82, 2.24) is 0 Å². The molecular weight excluding hydrogens is 435 g/mol. The molecule has 0 aliphatic heterocycles. The molecule has 0 fully saturated rings. The molecule has 1 unspecified atom stereocenters. The molecule has 0 saturated heterocycles. The van der Waals surface area contributed by atoms with E-state index < -0.39 is 5.97 Å². The molecule has 1 atom stereocenters. The molecule has 0 amide bonds. The molecular formula is C16H33HfO4. The van der Waals surface area contributed by atoms with Crippen molar-refractivity contribution in [2.24, 2.45) is 0 Å². The quantitative estimate of drug-likeness (QED) is 0.204. The van der Waals surface area contributed by atoms with Crippen molar-refractivity contribution >= 4 is 0 Å². The van der Waals surface area contributed by atoms with Crippen LogP contribution >= 0.6 is 0 Å². The van der Waals surface area contributed by atoms with Crippen LogP contribution in [0.2, 0.25) is 0 Å².